The smallest absolute Gasteiger partial charge is 0.325 e. The van der Waals surface area contributed by atoms with E-state index in [2.05, 4.69) is 10.6 Å². The second-order valence-corrected chi connectivity index (χ2v) is 7.08. The summed E-state index contributed by atoms with van der Waals surface area (Å²) in [6.07, 6.45) is 0.329. The monoisotopic (exact) mass is 379 g/mol. The Bertz CT molecular complexity index is 941. The molecule has 1 fully saturated rings. The van der Waals surface area contributed by atoms with Crippen molar-refractivity contribution in [3.8, 4) is 5.75 Å². The maximum absolute atomic E-state index is 13.1. The van der Waals surface area contributed by atoms with Crippen molar-refractivity contribution in [1.29, 1.82) is 0 Å². The van der Waals surface area contributed by atoms with Crippen molar-refractivity contribution in [2.45, 2.75) is 25.4 Å². The molecule has 1 saturated heterocycles. The molecule has 144 valence electrons. The fourth-order valence-corrected chi connectivity index (χ4v) is 3.62. The van der Waals surface area contributed by atoms with Crippen LogP contribution >= 0.6 is 0 Å². The van der Waals surface area contributed by atoms with Crippen LogP contribution in [0.25, 0.3) is 0 Å². The molecule has 1 atom stereocenters. The van der Waals surface area contributed by atoms with Crippen molar-refractivity contribution in [2.24, 2.45) is 0 Å². The van der Waals surface area contributed by atoms with E-state index >= 15 is 0 Å². The summed E-state index contributed by atoms with van der Waals surface area (Å²) in [7, 11) is 0. The first kappa shape index (κ1) is 18.0. The van der Waals surface area contributed by atoms with Crippen molar-refractivity contribution in [1.82, 2.24) is 15.5 Å². The normalized spacial score (nSPS) is 20.5. The quantitative estimate of drug-likeness (QED) is 0.794. The third kappa shape index (κ3) is 3.09. The van der Waals surface area contributed by atoms with Gasteiger partial charge in [-0.1, -0.05) is 48.0 Å². The Morgan fingerprint density at radius 3 is 2.71 bits per heavy atom. The minimum Gasteiger partial charge on any atom is -0.493 e. The molecule has 2 aliphatic rings. The van der Waals surface area contributed by atoms with Crippen molar-refractivity contribution in [2.75, 3.05) is 13.2 Å². The summed E-state index contributed by atoms with van der Waals surface area (Å²) in [5.74, 6) is -0.228. The number of aryl methyl sites for hydroxylation is 1. The lowest BCUT2D eigenvalue weighted by Crippen LogP contribution is -2.48. The molecule has 2 heterocycles. The van der Waals surface area contributed by atoms with Crippen molar-refractivity contribution < 1.29 is 19.1 Å². The summed E-state index contributed by atoms with van der Waals surface area (Å²) in [5.41, 5.74) is 1.55. The van der Waals surface area contributed by atoms with Gasteiger partial charge < -0.3 is 15.4 Å². The minimum atomic E-state index is -1.16. The van der Waals surface area contributed by atoms with Crippen molar-refractivity contribution >= 4 is 17.8 Å². The molecule has 2 N–H and O–H groups in total. The maximum Gasteiger partial charge on any atom is 0.325 e. The van der Waals surface area contributed by atoms with Crippen LogP contribution in [-0.4, -0.2) is 35.9 Å². The molecule has 1 spiro atoms. The molecule has 0 bridgehead atoms. The van der Waals surface area contributed by atoms with Gasteiger partial charge in [-0.05, 0) is 18.6 Å². The zero-order valence-electron chi connectivity index (χ0n) is 15.5. The van der Waals surface area contributed by atoms with Crippen molar-refractivity contribution in [3.05, 3.63) is 65.2 Å². The van der Waals surface area contributed by atoms with E-state index in [0.29, 0.717) is 30.9 Å². The first-order valence-corrected chi connectivity index (χ1v) is 9.18. The molecular weight excluding hydrogens is 358 g/mol. The molecule has 7 nitrogen and oxygen atoms in total. The number of amides is 4. The number of rotatable bonds is 4. The van der Waals surface area contributed by atoms with E-state index in [1.165, 1.54) is 0 Å². The third-order valence-electron chi connectivity index (χ3n) is 5.17. The summed E-state index contributed by atoms with van der Waals surface area (Å²) >= 11 is 0. The fraction of sp³-hybridized carbons (Fsp3) is 0.286. The van der Waals surface area contributed by atoms with Gasteiger partial charge >= 0.3 is 6.03 Å². The number of nitrogens with zero attached hydrogens (tertiary/aromatic N) is 1. The van der Waals surface area contributed by atoms with E-state index in [9.17, 15) is 14.4 Å². The molecule has 0 saturated carbocycles. The van der Waals surface area contributed by atoms with Crippen LogP contribution in [0, 0.1) is 6.92 Å². The van der Waals surface area contributed by atoms with E-state index in [4.69, 9.17) is 4.74 Å². The average Bonchev–Trinajstić information content (AvgIpc) is 2.93. The predicted octanol–water partition coefficient (Wildman–Crippen LogP) is 1.84. The van der Waals surface area contributed by atoms with Gasteiger partial charge in [-0.3, -0.25) is 14.5 Å². The Kier molecular flexibility index (Phi) is 4.50. The van der Waals surface area contributed by atoms with E-state index in [-0.39, 0.29) is 12.5 Å². The highest BCUT2D eigenvalue weighted by molar-refractivity contribution is 6.09. The van der Waals surface area contributed by atoms with Crippen LogP contribution in [-0.2, 0) is 21.7 Å². The van der Waals surface area contributed by atoms with Gasteiger partial charge in [0.05, 0.1) is 6.61 Å². The maximum atomic E-state index is 13.1. The van der Waals surface area contributed by atoms with Crippen LogP contribution in [0.2, 0.25) is 0 Å². The first-order valence-electron chi connectivity index (χ1n) is 9.18. The van der Waals surface area contributed by atoms with E-state index in [1.807, 2.05) is 37.3 Å². The molecule has 7 heteroatoms. The molecule has 2 aromatic carbocycles. The highest BCUT2D eigenvalue weighted by Gasteiger charge is 2.55. The zero-order chi connectivity index (χ0) is 19.7. The fourth-order valence-electron chi connectivity index (χ4n) is 3.62. The molecule has 4 amide bonds. The second kappa shape index (κ2) is 6.99. The molecule has 0 aliphatic carbocycles. The Labute approximate surface area is 162 Å². The topological polar surface area (TPSA) is 87.7 Å². The number of fused-ring (bicyclic) bond motifs is 2. The molecule has 0 radical (unpaired) electrons. The number of carbonyl (C=O) groups excluding carboxylic acids is 3. The minimum absolute atomic E-state index is 0.316. The number of hydrogen-bond donors (Lipinski definition) is 2. The Balaban J connectivity index is 1.46. The van der Waals surface area contributed by atoms with Gasteiger partial charge in [0.1, 0.15) is 12.3 Å². The lowest BCUT2D eigenvalue weighted by molar-refractivity contribution is -0.136. The standard InChI is InChI=1S/C21H21N3O4/c1-14-6-8-15(9-7-14)12-22-18(25)13-24-19(26)21(23-20(24)27)10-11-28-17-5-3-2-4-16(17)21/h2-9H,10-13H2,1H3,(H,22,25)(H,23,27)/t21-/m0/s1. The van der Waals surface area contributed by atoms with Gasteiger partial charge in [0.15, 0.2) is 5.54 Å². The molecule has 0 aromatic heterocycles. The predicted molar refractivity (Wildman–Crippen MR) is 102 cm³/mol. The van der Waals surface area contributed by atoms with Crippen LogP contribution in [0.3, 0.4) is 0 Å². The summed E-state index contributed by atoms with van der Waals surface area (Å²) in [5, 5.41) is 5.55. The number of carbonyl (C=O) groups is 3. The van der Waals surface area contributed by atoms with Gasteiger partial charge in [-0.25, -0.2) is 4.79 Å². The average molecular weight is 379 g/mol. The number of hydrogen-bond acceptors (Lipinski definition) is 4. The molecule has 0 unspecified atom stereocenters. The molecule has 28 heavy (non-hydrogen) atoms. The number of imide groups is 1. The van der Waals surface area contributed by atoms with Gasteiger partial charge in [0.2, 0.25) is 5.91 Å². The first-order chi connectivity index (χ1) is 13.5. The largest absolute Gasteiger partial charge is 0.493 e. The highest BCUT2D eigenvalue weighted by Crippen LogP contribution is 2.40. The number of urea groups is 1. The van der Waals surface area contributed by atoms with Gasteiger partial charge in [0, 0.05) is 18.5 Å². The second-order valence-electron chi connectivity index (χ2n) is 7.08. The molecule has 2 aliphatic heterocycles. The summed E-state index contributed by atoms with van der Waals surface area (Å²) in [4.78, 5) is 38.9. The number of benzene rings is 2. The number of nitrogens with one attached hydrogen (secondary N) is 2. The van der Waals surface area contributed by atoms with Crippen LogP contribution in [0.4, 0.5) is 4.79 Å². The lowest BCUT2D eigenvalue weighted by Gasteiger charge is -2.33. The Morgan fingerprint density at radius 2 is 1.93 bits per heavy atom. The van der Waals surface area contributed by atoms with E-state index in [1.54, 1.807) is 18.2 Å². The molecule has 2 aromatic rings. The summed E-state index contributed by atoms with van der Waals surface area (Å²) < 4.78 is 5.60. The number of ether oxygens (including phenoxy) is 1. The molecular formula is C21H21N3O4. The SMILES string of the molecule is Cc1ccc(CNC(=O)CN2C(=O)N[C@]3(CCOc4ccccc43)C2=O)cc1. The van der Waals surface area contributed by atoms with Crippen LogP contribution in [0.5, 0.6) is 5.75 Å². The Morgan fingerprint density at radius 1 is 1.18 bits per heavy atom. The van der Waals surface area contributed by atoms with Crippen LogP contribution in [0.15, 0.2) is 48.5 Å². The Hall–Kier alpha value is -3.35. The van der Waals surface area contributed by atoms with Crippen LogP contribution in [0.1, 0.15) is 23.1 Å². The highest BCUT2D eigenvalue weighted by atomic mass is 16.5. The van der Waals surface area contributed by atoms with E-state index in [0.717, 1.165) is 16.0 Å². The van der Waals surface area contributed by atoms with Gasteiger partial charge in [-0.2, -0.15) is 0 Å². The van der Waals surface area contributed by atoms with Gasteiger partial charge in [0.25, 0.3) is 5.91 Å². The van der Waals surface area contributed by atoms with Crippen LogP contribution < -0.4 is 15.4 Å². The summed E-state index contributed by atoms with van der Waals surface area (Å²) in [6.45, 7) is 2.33. The summed E-state index contributed by atoms with van der Waals surface area (Å²) in [6, 6.07) is 14.4. The zero-order valence-corrected chi connectivity index (χ0v) is 15.5. The van der Waals surface area contributed by atoms with Crippen molar-refractivity contribution in [3.63, 3.8) is 0 Å². The number of para-hydroxylation sites is 1. The van der Waals surface area contributed by atoms with E-state index < -0.39 is 17.5 Å². The third-order valence-corrected chi connectivity index (χ3v) is 5.17. The van der Waals surface area contributed by atoms with Gasteiger partial charge in [-0.15, -0.1) is 0 Å². The lowest BCUT2D eigenvalue weighted by atomic mass is 9.84. The molecule has 4 rings (SSSR count).